The van der Waals surface area contributed by atoms with Gasteiger partial charge in [-0.3, -0.25) is 0 Å². The van der Waals surface area contributed by atoms with Gasteiger partial charge in [0, 0.05) is 12.6 Å². The topological polar surface area (TPSA) is 23.5 Å². The van der Waals surface area contributed by atoms with E-state index in [2.05, 4.69) is 64.8 Å². The molecule has 108 valence electrons. The highest BCUT2D eigenvalue weighted by molar-refractivity contribution is 5.32. The molecule has 0 heterocycles. The third-order valence-corrected chi connectivity index (χ3v) is 3.81. The van der Waals surface area contributed by atoms with Crippen LogP contribution in [0, 0.1) is 19.8 Å². The molecular weight excluding hydrogens is 234 g/mol. The number of hydrogen-bond acceptors (Lipinski definition) is 2. The molecule has 1 aromatic rings. The first-order chi connectivity index (χ1) is 8.81. The van der Waals surface area contributed by atoms with Crippen molar-refractivity contribution in [2.75, 3.05) is 13.6 Å². The molecule has 0 amide bonds. The molecule has 0 saturated carbocycles. The summed E-state index contributed by atoms with van der Waals surface area (Å²) in [6.45, 7) is 11.6. The third-order valence-electron chi connectivity index (χ3n) is 3.81. The first-order valence-corrected chi connectivity index (χ1v) is 7.26. The minimum absolute atomic E-state index is 0.403. The number of aliphatic hydroxyl groups is 1. The Morgan fingerprint density at radius 2 is 1.79 bits per heavy atom. The molecule has 0 spiro atoms. The zero-order valence-corrected chi connectivity index (χ0v) is 13.3. The summed E-state index contributed by atoms with van der Waals surface area (Å²) in [7, 11) is 2.10. The average molecular weight is 263 g/mol. The molecule has 2 nitrogen and oxygen atoms in total. The lowest BCUT2D eigenvalue weighted by molar-refractivity contribution is 0.102. The van der Waals surface area contributed by atoms with Crippen molar-refractivity contribution in [2.45, 2.75) is 53.2 Å². The second-order valence-electron chi connectivity index (χ2n) is 6.29. The van der Waals surface area contributed by atoms with Gasteiger partial charge in [-0.25, -0.2) is 0 Å². The summed E-state index contributed by atoms with van der Waals surface area (Å²) in [5, 5.41) is 10.4. The lowest BCUT2D eigenvalue weighted by Crippen LogP contribution is -2.34. The van der Waals surface area contributed by atoms with E-state index in [0.29, 0.717) is 18.5 Å². The monoisotopic (exact) mass is 263 g/mol. The minimum Gasteiger partial charge on any atom is -0.387 e. The maximum atomic E-state index is 10.4. The maximum Gasteiger partial charge on any atom is 0.0919 e. The van der Waals surface area contributed by atoms with Crippen LogP contribution in [0.1, 0.15) is 50.0 Å². The summed E-state index contributed by atoms with van der Waals surface area (Å²) in [4.78, 5) is 2.25. The fourth-order valence-corrected chi connectivity index (χ4v) is 2.61. The van der Waals surface area contributed by atoms with Crippen molar-refractivity contribution in [1.82, 2.24) is 4.90 Å². The van der Waals surface area contributed by atoms with Crippen LogP contribution in [0.4, 0.5) is 0 Å². The highest BCUT2D eigenvalue weighted by atomic mass is 16.3. The molecule has 1 aromatic carbocycles. The average Bonchev–Trinajstić information content (AvgIpc) is 2.27. The van der Waals surface area contributed by atoms with Gasteiger partial charge in [-0.2, -0.15) is 0 Å². The summed E-state index contributed by atoms with van der Waals surface area (Å²) in [5.74, 6) is 0.690. The quantitative estimate of drug-likeness (QED) is 0.846. The van der Waals surface area contributed by atoms with Gasteiger partial charge in [0.15, 0.2) is 0 Å². The summed E-state index contributed by atoms with van der Waals surface area (Å²) in [5.41, 5.74) is 3.47. The van der Waals surface area contributed by atoms with Crippen LogP contribution in [-0.4, -0.2) is 29.6 Å². The number of benzene rings is 1. The lowest BCUT2D eigenvalue weighted by Gasteiger charge is -2.28. The zero-order valence-electron chi connectivity index (χ0n) is 13.3. The van der Waals surface area contributed by atoms with E-state index in [1.54, 1.807) is 0 Å². The molecule has 2 atom stereocenters. The van der Waals surface area contributed by atoms with Gasteiger partial charge in [-0.15, -0.1) is 0 Å². The van der Waals surface area contributed by atoms with Gasteiger partial charge in [0.05, 0.1) is 6.10 Å². The van der Waals surface area contributed by atoms with E-state index in [4.69, 9.17) is 0 Å². The van der Waals surface area contributed by atoms with E-state index in [1.807, 2.05) is 0 Å². The first-order valence-electron chi connectivity index (χ1n) is 7.26. The van der Waals surface area contributed by atoms with Gasteiger partial charge < -0.3 is 10.0 Å². The smallest absolute Gasteiger partial charge is 0.0919 e. The standard InChI is InChI=1S/C17H29NO/c1-12(2)9-15(5)18(6)11-17(19)16-8-7-13(3)10-14(16)4/h7-8,10,12,15,17,19H,9,11H2,1-6H3. The summed E-state index contributed by atoms with van der Waals surface area (Å²) in [6.07, 6.45) is 0.760. The number of aryl methyl sites for hydroxylation is 2. The van der Waals surface area contributed by atoms with Gasteiger partial charge in [0.1, 0.15) is 0 Å². The van der Waals surface area contributed by atoms with Crippen molar-refractivity contribution >= 4 is 0 Å². The van der Waals surface area contributed by atoms with E-state index >= 15 is 0 Å². The molecule has 0 bridgehead atoms. The Labute approximate surface area is 118 Å². The number of rotatable bonds is 6. The largest absolute Gasteiger partial charge is 0.387 e. The molecule has 0 aromatic heterocycles. The number of nitrogens with zero attached hydrogens (tertiary/aromatic N) is 1. The van der Waals surface area contributed by atoms with Crippen molar-refractivity contribution in [1.29, 1.82) is 0 Å². The Morgan fingerprint density at radius 3 is 2.32 bits per heavy atom. The summed E-state index contributed by atoms with van der Waals surface area (Å²) in [6, 6.07) is 6.76. The van der Waals surface area contributed by atoms with E-state index in [9.17, 15) is 5.11 Å². The molecule has 2 heteroatoms. The molecule has 2 unspecified atom stereocenters. The number of likely N-dealkylation sites (N-methyl/N-ethyl adjacent to an activating group) is 1. The molecule has 1 rings (SSSR count). The molecule has 0 aliphatic carbocycles. The molecule has 0 radical (unpaired) electrons. The molecule has 0 fully saturated rings. The van der Waals surface area contributed by atoms with Crippen LogP contribution in [-0.2, 0) is 0 Å². The second kappa shape index (κ2) is 7.06. The van der Waals surface area contributed by atoms with Crippen LogP contribution in [0.15, 0.2) is 18.2 Å². The normalized spacial score (nSPS) is 15.0. The van der Waals surface area contributed by atoms with Crippen LogP contribution in [0.5, 0.6) is 0 Å². The highest BCUT2D eigenvalue weighted by Crippen LogP contribution is 2.21. The molecule has 1 N–H and O–H groups in total. The maximum absolute atomic E-state index is 10.4. The summed E-state index contributed by atoms with van der Waals surface area (Å²) < 4.78 is 0. The van der Waals surface area contributed by atoms with Crippen LogP contribution in [0.3, 0.4) is 0 Å². The molecule has 0 saturated heterocycles. The fourth-order valence-electron chi connectivity index (χ4n) is 2.61. The van der Waals surface area contributed by atoms with Crippen molar-refractivity contribution < 1.29 is 5.11 Å². The SMILES string of the molecule is Cc1ccc(C(O)CN(C)C(C)CC(C)C)c(C)c1. The molecule has 0 aliphatic heterocycles. The van der Waals surface area contributed by atoms with Crippen LogP contribution in [0.25, 0.3) is 0 Å². The van der Waals surface area contributed by atoms with Crippen molar-refractivity contribution in [3.8, 4) is 0 Å². The Bertz CT molecular complexity index is 400. The van der Waals surface area contributed by atoms with Gasteiger partial charge in [0.2, 0.25) is 0 Å². The highest BCUT2D eigenvalue weighted by Gasteiger charge is 2.17. The number of hydrogen-bond donors (Lipinski definition) is 1. The molecular formula is C17H29NO. The Kier molecular flexibility index (Phi) is 6.02. The van der Waals surface area contributed by atoms with Crippen LogP contribution >= 0.6 is 0 Å². The zero-order chi connectivity index (χ0) is 14.6. The second-order valence-corrected chi connectivity index (χ2v) is 6.29. The van der Waals surface area contributed by atoms with Crippen molar-refractivity contribution in [3.63, 3.8) is 0 Å². The third kappa shape index (κ3) is 4.96. The van der Waals surface area contributed by atoms with Gasteiger partial charge in [-0.1, -0.05) is 37.6 Å². The minimum atomic E-state index is -0.403. The van der Waals surface area contributed by atoms with E-state index < -0.39 is 6.10 Å². The van der Waals surface area contributed by atoms with E-state index in [1.165, 1.54) is 11.1 Å². The lowest BCUT2D eigenvalue weighted by atomic mass is 9.99. The van der Waals surface area contributed by atoms with E-state index in [0.717, 1.165) is 12.0 Å². The fraction of sp³-hybridized carbons (Fsp3) is 0.647. The van der Waals surface area contributed by atoms with Gasteiger partial charge in [0.25, 0.3) is 0 Å². The Hall–Kier alpha value is -0.860. The van der Waals surface area contributed by atoms with E-state index in [-0.39, 0.29) is 0 Å². The summed E-state index contributed by atoms with van der Waals surface area (Å²) >= 11 is 0. The molecule has 0 aliphatic rings. The number of aliphatic hydroxyl groups excluding tert-OH is 1. The molecule has 19 heavy (non-hydrogen) atoms. The first kappa shape index (κ1) is 16.2. The van der Waals surface area contributed by atoms with Gasteiger partial charge >= 0.3 is 0 Å². The van der Waals surface area contributed by atoms with Crippen LogP contribution < -0.4 is 0 Å². The van der Waals surface area contributed by atoms with Gasteiger partial charge in [-0.05, 0) is 51.3 Å². The Morgan fingerprint density at radius 1 is 1.16 bits per heavy atom. The van der Waals surface area contributed by atoms with Crippen molar-refractivity contribution in [2.24, 2.45) is 5.92 Å². The Balaban J connectivity index is 2.65. The predicted octanol–water partition coefficient (Wildman–Crippen LogP) is 3.70. The van der Waals surface area contributed by atoms with Crippen molar-refractivity contribution in [3.05, 3.63) is 34.9 Å². The van der Waals surface area contributed by atoms with Crippen LogP contribution in [0.2, 0.25) is 0 Å². The predicted molar refractivity (Wildman–Crippen MR) is 82.4 cm³/mol.